The van der Waals surface area contributed by atoms with Crippen LogP contribution in [0.5, 0.6) is 0 Å². The third-order valence-corrected chi connectivity index (χ3v) is 6.40. The maximum Gasteiger partial charge on any atom is 0.279 e. The molecule has 0 radical (unpaired) electrons. The van der Waals surface area contributed by atoms with Crippen molar-refractivity contribution in [2.24, 2.45) is 0 Å². The first-order chi connectivity index (χ1) is 14.7. The quantitative estimate of drug-likeness (QED) is 0.531. The fraction of sp³-hybridized carbons (Fsp3) is 0.304. The number of benzene rings is 2. The van der Waals surface area contributed by atoms with Crippen LogP contribution in [-0.4, -0.2) is 43.8 Å². The minimum absolute atomic E-state index is 0.0710. The van der Waals surface area contributed by atoms with E-state index in [0.29, 0.717) is 6.54 Å². The SMILES string of the molecule is Cc1cc(C[NH+]2CC[NH+](CC(=O)Nc3ccccc3Sc3ccccc3)CC2)no1. The fourth-order valence-corrected chi connectivity index (χ4v) is 4.69. The Morgan fingerprint density at radius 3 is 2.47 bits per heavy atom. The van der Waals surface area contributed by atoms with Gasteiger partial charge in [0.1, 0.15) is 44.2 Å². The molecule has 0 atom stereocenters. The van der Waals surface area contributed by atoms with Crippen LogP contribution in [0, 0.1) is 6.92 Å². The summed E-state index contributed by atoms with van der Waals surface area (Å²) in [7, 11) is 0. The highest BCUT2D eigenvalue weighted by Gasteiger charge is 2.25. The van der Waals surface area contributed by atoms with Gasteiger partial charge in [-0.1, -0.05) is 47.3 Å². The van der Waals surface area contributed by atoms with Crippen molar-refractivity contribution in [1.82, 2.24) is 5.16 Å². The van der Waals surface area contributed by atoms with Crippen molar-refractivity contribution in [2.75, 3.05) is 38.0 Å². The maximum absolute atomic E-state index is 12.7. The molecule has 30 heavy (non-hydrogen) atoms. The third kappa shape index (κ3) is 5.72. The van der Waals surface area contributed by atoms with Crippen LogP contribution < -0.4 is 15.1 Å². The molecule has 0 saturated carbocycles. The number of hydrogen-bond acceptors (Lipinski definition) is 4. The minimum atomic E-state index is 0.0710. The normalized spacial score (nSPS) is 18.8. The van der Waals surface area contributed by atoms with Crippen molar-refractivity contribution in [1.29, 1.82) is 0 Å². The smallest absolute Gasteiger partial charge is 0.279 e. The number of quaternary nitrogens is 2. The number of para-hydroxylation sites is 1. The zero-order chi connectivity index (χ0) is 20.8. The number of piperazine rings is 1. The van der Waals surface area contributed by atoms with Gasteiger partial charge in [-0.05, 0) is 31.2 Å². The molecule has 3 aromatic rings. The predicted molar refractivity (Wildman–Crippen MR) is 117 cm³/mol. The summed E-state index contributed by atoms with van der Waals surface area (Å²) in [5.74, 6) is 0.928. The number of amides is 1. The summed E-state index contributed by atoms with van der Waals surface area (Å²) in [6, 6.07) is 20.2. The summed E-state index contributed by atoms with van der Waals surface area (Å²) in [6.45, 7) is 7.36. The van der Waals surface area contributed by atoms with Gasteiger partial charge in [0.05, 0.1) is 5.69 Å². The van der Waals surface area contributed by atoms with Crippen molar-refractivity contribution < 1.29 is 19.1 Å². The first kappa shape index (κ1) is 20.7. The molecular formula is C23H28N4O2S+2. The Labute approximate surface area is 181 Å². The molecule has 6 nitrogen and oxygen atoms in total. The van der Waals surface area contributed by atoms with Gasteiger partial charge in [0.25, 0.3) is 5.91 Å². The Bertz CT molecular complexity index is 968. The molecule has 156 valence electrons. The van der Waals surface area contributed by atoms with E-state index in [-0.39, 0.29) is 5.91 Å². The van der Waals surface area contributed by atoms with Crippen molar-refractivity contribution in [2.45, 2.75) is 23.3 Å². The number of aromatic nitrogens is 1. The molecule has 0 aliphatic carbocycles. The van der Waals surface area contributed by atoms with Crippen LogP contribution in [0.15, 0.2) is 75.0 Å². The zero-order valence-corrected chi connectivity index (χ0v) is 18.0. The summed E-state index contributed by atoms with van der Waals surface area (Å²) >= 11 is 1.67. The lowest BCUT2D eigenvalue weighted by molar-refractivity contribution is -1.02. The lowest BCUT2D eigenvalue weighted by atomic mass is 10.2. The molecule has 0 unspecified atom stereocenters. The van der Waals surface area contributed by atoms with Crippen LogP contribution in [0.4, 0.5) is 5.69 Å². The van der Waals surface area contributed by atoms with E-state index in [1.807, 2.05) is 55.5 Å². The van der Waals surface area contributed by atoms with Crippen molar-refractivity contribution in [3.05, 3.63) is 72.1 Å². The van der Waals surface area contributed by atoms with E-state index in [2.05, 4.69) is 22.6 Å². The number of carbonyl (C=O) groups is 1. The number of carbonyl (C=O) groups excluding carboxylic acids is 1. The summed E-state index contributed by atoms with van der Waals surface area (Å²) < 4.78 is 5.16. The molecule has 1 amide bonds. The zero-order valence-electron chi connectivity index (χ0n) is 17.2. The summed E-state index contributed by atoms with van der Waals surface area (Å²) in [5.41, 5.74) is 1.89. The number of rotatable bonds is 7. The second-order valence-corrected chi connectivity index (χ2v) is 8.86. The fourth-order valence-electron chi connectivity index (χ4n) is 3.76. The lowest BCUT2D eigenvalue weighted by Gasteiger charge is -2.28. The third-order valence-electron chi connectivity index (χ3n) is 5.31. The van der Waals surface area contributed by atoms with Crippen molar-refractivity contribution in [3.8, 4) is 0 Å². The molecule has 7 heteroatoms. The van der Waals surface area contributed by atoms with E-state index >= 15 is 0 Å². The van der Waals surface area contributed by atoms with E-state index in [4.69, 9.17) is 4.52 Å². The molecule has 3 N–H and O–H groups in total. The Balaban J connectivity index is 1.27. The standard InChI is InChI=1S/C23H26N4O2S/c1-18-15-19(25-29-18)16-26-11-13-27(14-12-26)17-23(28)24-21-9-5-6-10-22(21)30-20-7-3-2-4-8-20/h2-10,15H,11-14,16-17H2,1H3,(H,24,28)/p+2. The van der Waals surface area contributed by atoms with Gasteiger partial charge in [-0.15, -0.1) is 0 Å². The van der Waals surface area contributed by atoms with Crippen LogP contribution in [0.1, 0.15) is 11.5 Å². The van der Waals surface area contributed by atoms with Crippen molar-refractivity contribution >= 4 is 23.4 Å². The van der Waals surface area contributed by atoms with E-state index in [9.17, 15) is 4.79 Å². The molecule has 0 spiro atoms. The van der Waals surface area contributed by atoms with Gasteiger partial charge in [-0.2, -0.15) is 0 Å². The van der Waals surface area contributed by atoms with Gasteiger partial charge < -0.3 is 19.6 Å². The number of aryl methyl sites for hydroxylation is 1. The van der Waals surface area contributed by atoms with Gasteiger partial charge >= 0.3 is 0 Å². The molecule has 1 aliphatic rings. The molecular weight excluding hydrogens is 396 g/mol. The Kier molecular flexibility index (Phi) is 6.84. The molecule has 1 aromatic heterocycles. The molecule has 2 aromatic carbocycles. The number of nitrogens with one attached hydrogen (secondary N) is 3. The average Bonchev–Trinajstić information content (AvgIpc) is 3.16. The van der Waals surface area contributed by atoms with Crippen LogP contribution in [0.2, 0.25) is 0 Å². The molecule has 1 fully saturated rings. The van der Waals surface area contributed by atoms with Gasteiger partial charge in [0, 0.05) is 15.9 Å². The second-order valence-electron chi connectivity index (χ2n) is 7.74. The van der Waals surface area contributed by atoms with E-state index < -0.39 is 0 Å². The van der Waals surface area contributed by atoms with Crippen LogP contribution in [0.3, 0.4) is 0 Å². The minimum Gasteiger partial charge on any atom is -0.361 e. The van der Waals surface area contributed by atoms with Gasteiger partial charge in [0.2, 0.25) is 0 Å². The highest BCUT2D eigenvalue weighted by Crippen LogP contribution is 2.32. The topological polar surface area (TPSA) is 64.0 Å². The van der Waals surface area contributed by atoms with Crippen LogP contribution in [0.25, 0.3) is 0 Å². The summed E-state index contributed by atoms with van der Waals surface area (Å²) in [6.07, 6.45) is 0. The first-order valence-corrected chi connectivity index (χ1v) is 11.2. The summed E-state index contributed by atoms with van der Waals surface area (Å²) in [4.78, 5) is 17.7. The molecule has 4 rings (SSSR count). The molecule has 1 aliphatic heterocycles. The number of nitrogens with zero attached hydrogens (tertiary/aromatic N) is 1. The van der Waals surface area contributed by atoms with Crippen LogP contribution in [-0.2, 0) is 11.3 Å². The number of hydrogen-bond donors (Lipinski definition) is 3. The first-order valence-electron chi connectivity index (χ1n) is 10.4. The van der Waals surface area contributed by atoms with Crippen LogP contribution >= 0.6 is 11.8 Å². The Morgan fingerprint density at radius 1 is 1.03 bits per heavy atom. The predicted octanol–water partition coefficient (Wildman–Crippen LogP) is 1.06. The largest absolute Gasteiger partial charge is 0.361 e. The lowest BCUT2D eigenvalue weighted by Crippen LogP contribution is -3.28. The molecule has 2 heterocycles. The highest BCUT2D eigenvalue weighted by atomic mass is 32.2. The van der Waals surface area contributed by atoms with Crippen molar-refractivity contribution in [3.63, 3.8) is 0 Å². The van der Waals surface area contributed by atoms with Gasteiger partial charge in [-0.3, -0.25) is 4.79 Å². The monoisotopic (exact) mass is 424 g/mol. The van der Waals surface area contributed by atoms with Gasteiger partial charge in [0.15, 0.2) is 6.54 Å². The molecule has 1 saturated heterocycles. The highest BCUT2D eigenvalue weighted by molar-refractivity contribution is 7.99. The Hall–Kier alpha value is -2.61. The number of anilines is 1. The summed E-state index contributed by atoms with van der Waals surface area (Å²) in [5, 5.41) is 7.22. The second kappa shape index (κ2) is 9.93. The van der Waals surface area contributed by atoms with E-state index in [1.54, 1.807) is 11.8 Å². The van der Waals surface area contributed by atoms with Gasteiger partial charge in [-0.25, -0.2) is 0 Å². The Morgan fingerprint density at radius 2 is 1.73 bits per heavy atom. The maximum atomic E-state index is 12.7. The van der Waals surface area contributed by atoms with E-state index in [0.717, 1.165) is 59.7 Å². The molecule has 0 bridgehead atoms. The average molecular weight is 425 g/mol. The van der Waals surface area contributed by atoms with E-state index in [1.165, 1.54) is 9.80 Å².